The average Bonchev–Trinajstić information content (AvgIpc) is 2.31. The van der Waals surface area contributed by atoms with Gasteiger partial charge in [0.05, 0.1) is 5.56 Å². The van der Waals surface area contributed by atoms with Crippen LogP contribution in [0.3, 0.4) is 0 Å². The number of hydrogen-bond donors (Lipinski definition) is 2. The summed E-state index contributed by atoms with van der Waals surface area (Å²) in [4.78, 5) is 0. The van der Waals surface area contributed by atoms with Crippen LogP contribution in [0.5, 0.6) is 5.75 Å². The van der Waals surface area contributed by atoms with Gasteiger partial charge in [-0.05, 0) is 49.5 Å². The highest BCUT2D eigenvalue weighted by Crippen LogP contribution is 2.43. The summed E-state index contributed by atoms with van der Waals surface area (Å²) in [5, 5.41) is 13.0. The van der Waals surface area contributed by atoms with Crippen molar-refractivity contribution in [3.8, 4) is 5.75 Å². The van der Waals surface area contributed by atoms with Crippen molar-refractivity contribution in [3.63, 3.8) is 0 Å². The van der Waals surface area contributed by atoms with Gasteiger partial charge >= 0.3 is 6.18 Å². The van der Waals surface area contributed by atoms with Crippen LogP contribution >= 0.6 is 15.9 Å². The molecule has 0 radical (unpaired) electrons. The third kappa shape index (κ3) is 2.80. The Morgan fingerprint density at radius 3 is 2.39 bits per heavy atom. The Kier molecular flexibility index (Phi) is 3.87. The molecule has 1 aliphatic heterocycles. The van der Waals surface area contributed by atoms with E-state index in [0.717, 1.165) is 32.0 Å². The van der Waals surface area contributed by atoms with Gasteiger partial charge in [-0.25, -0.2) is 0 Å². The second-order valence-corrected chi connectivity index (χ2v) is 5.33. The summed E-state index contributed by atoms with van der Waals surface area (Å²) in [5.41, 5.74) is -0.580. The third-order valence-electron chi connectivity index (χ3n) is 3.19. The summed E-state index contributed by atoms with van der Waals surface area (Å²) in [6, 6.07) is 2.50. The summed E-state index contributed by atoms with van der Waals surface area (Å²) in [5.74, 6) is -0.651. The van der Waals surface area contributed by atoms with E-state index in [-0.39, 0.29) is 5.92 Å². The molecule has 1 aromatic rings. The van der Waals surface area contributed by atoms with E-state index >= 15 is 0 Å². The maximum Gasteiger partial charge on any atom is 0.420 e. The topological polar surface area (TPSA) is 32.3 Å². The zero-order chi connectivity index (χ0) is 13.3. The van der Waals surface area contributed by atoms with E-state index in [4.69, 9.17) is 0 Å². The van der Waals surface area contributed by atoms with Crippen LogP contribution in [0.2, 0.25) is 0 Å². The van der Waals surface area contributed by atoms with Crippen molar-refractivity contribution in [2.75, 3.05) is 13.1 Å². The molecule has 1 saturated heterocycles. The highest BCUT2D eigenvalue weighted by molar-refractivity contribution is 9.10. The minimum Gasteiger partial charge on any atom is -0.507 e. The van der Waals surface area contributed by atoms with Crippen molar-refractivity contribution in [2.24, 2.45) is 0 Å². The Balaban J connectivity index is 2.44. The minimum absolute atomic E-state index is 0.0233. The van der Waals surface area contributed by atoms with E-state index < -0.39 is 17.5 Å². The number of alkyl halides is 3. The van der Waals surface area contributed by atoms with Crippen LogP contribution in [0.1, 0.15) is 29.9 Å². The molecule has 0 unspecified atom stereocenters. The molecule has 0 bridgehead atoms. The number of hydrogen-bond acceptors (Lipinski definition) is 2. The van der Waals surface area contributed by atoms with Crippen molar-refractivity contribution in [3.05, 3.63) is 27.7 Å². The quantitative estimate of drug-likeness (QED) is 0.827. The van der Waals surface area contributed by atoms with Gasteiger partial charge in [0.2, 0.25) is 0 Å². The van der Waals surface area contributed by atoms with E-state index in [1.165, 1.54) is 0 Å². The first-order valence-electron chi connectivity index (χ1n) is 5.70. The van der Waals surface area contributed by atoms with Gasteiger partial charge < -0.3 is 10.4 Å². The number of aromatic hydroxyl groups is 1. The Hall–Kier alpha value is -0.750. The molecular formula is C12H13BrF3NO. The zero-order valence-corrected chi connectivity index (χ0v) is 11.1. The smallest absolute Gasteiger partial charge is 0.420 e. The largest absolute Gasteiger partial charge is 0.507 e. The van der Waals surface area contributed by atoms with Gasteiger partial charge in [0.15, 0.2) is 0 Å². The lowest BCUT2D eigenvalue weighted by Crippen LogP contribution is -2.26. The number of halogens is 4. The van der Waals surface area contributed by atoms with Crippen molar-refractivity contribution >= 4 is 15.9 Å². The molecule has 0 amide bonds. The SMILES string of the molecule is Oc1c(C2CCNCC2)cc(Br)cc1C(F)(F)F. The maximum absolute atomic E-state index is 12.8. The lowest BCUT2D eigenvalue weighted by Gasteiger charge is -2.25. The summed E-state index contributed by atoms with van der Waals surface area (Å²) >= 11 is 3.08. The Morgan fingerprint density at radius 1 is 1.22 bits per heavy atom. The van der Waals surface area contributed by atoms with Gasteiger partial charge in [-0.1, -0.05) is 15.9 Å². The molecule has 2 nitrogen and oxygen atoms in total. The van der Waals surface area contributed by atoms with Crippen LogP contribution in [0, 0.1) is 0 Å². The molecule has 6 heteroatoms. The maximum atomic E-state index is 12.8. The predicted molar refractivity (Wildman–Crippen MR) is 65.7 cm³/mol. The van der Waals surface area contributed by atoms with Gasteiger partial charge in [-0.2, -0.15) is 13.2 Å². The van der Waals surface area contributed by atoms with Crippen LogP contribution in [-0.4, -0.2) is 18.2 Å². The molecule has 1 fully saturated rings. The number of piperidine rings is 1. The molecule has 0 spiro atoms. The predicted octanol–water partition coefficient (Wildman–Crippen LogP) is 3.64. The molecule has 0 atom stereocenters. The summed E-state index contributed by atoms with van der Waals surface area (Å²) in [7, 11) is 0. The van der Waals surface area contributed by atoms with Gasteiger partial charge in [0, 0.05) is 4.47 Å². The third-order valence-corrected chi connectivity index (χ3v) is 3.65. The van der Waals surface area contributed by atoms with Crippen molar-refractivity contribution in [2.45, 2.75) is 24.9 Å². The minimum atomic E-state index is -4.53. The van der Waals surface area contributed by atoms with E-state index in [1.54, 1.807) is 6.07 Å². The van der Waals surface area contributed by atoms with Crippen molar-refractivity contribution in [1.82, 2.24) is 5.32 Å². The highest BCUT2D eigenvalue weighted by atomic mass is 79.9. The second kappa shape index (κ2) is 5.09. The lowest BCUT2D eigenvalue weighted by atomic mass is 9.88. The van der Waals surface area contributed by atoms with Crippen LogP contribution < -0.4 is 5.32 Å². The van der Waals surface area contributed by atoms with Gasteiger partial charge in [-0.15, -0.1) is 0 Å². The van der Waals surface area contributed by atoms with Crippen LogP contribution in [0.15, 0.2) is 16.6 Å². The van der Waals surface area contributed by atoms with Crippen LogP contribution in [-0.2, 0) is 6.18 Å². The van der Waals surface area contributed by atoms with E-state index in [1.807, 2.05) is 0 Å². The van der Waals surface area contributed by atoms with Gasteiger partial charge in [0.1, 0.15) is 5.75 Å². The monoisotopic (exact) mass is 323 g/mol. The first-order valence-corrected chi connectivity index (χ1v) is 6.49. The molecule has 100 valence electrons. The molecule has 0 saturated carbocycles. The number of benzene rings is 1. The van der Waals surface area contributed by atoms with E-state index in [2.05, 4.69) is 21.2 Å². The summed E-state index contributed by atoms with van der Waals surface area (Å²) < 4.78 is 38.7. The molecule has 1 heterocycles. The molecule has 2 rings (SSSR count). The first kappa shape index (κ1) is 13.7. The summed E-state index contributed by atoms with van der Waals surface area (Å²) in [6.45, 7) is 1.52. The molecule has 0 aliphatic carbocycles. The summed E-state index contributed by atoms with van der Waals surface area (Å²) in [6.07, 6.45) is -3.06. The Morgan fingerprint density at radius 2 is 1.83 bits per heavy atom. The standard InChI is InChI=1S/C12H13BrF3NO/c13-8-5-9(7-1-3-17-4-2-7)11(18)10(6-8)12(14,15)16/h5-7,17-18H,1-4H2. The van der Waals surface area contributed by atoms with Gasteiger partial charge in [0.25, 0.3) is 0 Å². The number of phenolic OH excluding ortho intramolecular Hbond substituents is 1. The number of rotatable bonds is 1. The second-order valence-electron chi connectivity index (χ2n) is 4.41. The fraction of sp³-hybridized carbons (Fsp3) is 0.500. The van der Waals surface area contributed by atoms with Crippen LogP contribution in [0.25, 0.3) is 0 Å². The fourth-order valence-corrected chi connectivity index (χ4v) is 2.76. The van der Waals surface area contributed by atoms with Crippen molar-refractivity contribution in [1.29, 1.82) is 0 Å². The average molecular weight is 324 g/mol. The Labute approximate surface area is 111 Å². The first-order chi connectivity index (χ1) is 8.39. The number of phenols is 1. The molecule has 1 aromatic carbocycles. The molecule has 0 aromatic heterocycles. The molecule has 2 N–H and O–H groups in total. The fourth-order valence-electron chi connectivity index (χ4n) is 2.28. The molecular weight excluding hydrogens is 311 g/mol. The zero-order valence-electron chi connectivity index (χ0n) is 9.52. The Bertz CT molecular complexity index is 442. The van der Waals surface area contributed by atoms with Crippen molar-refractivity contribution < 1.29 is 18.3 Å². The van der Waals surface area contributed by atoms with E-state index in [0.29, 0.717) is 10.0 Å². The molecule has 1 aliphatic rings. The lowest BCUT2D eigenvalue weighted by molar-refractivity contribution is -0.138. The van der Waals surface area contributed by atoms with Gasteiger partial charge in [-0.3, -0.25) is 0 Å². The highest BCUT2D eigenvalue weighted by Gasteiger charge is 2.36. The van der Waals surface area contributed by atoms with E-state index in [9.17, 15) is 18.3 Å². The number of nitrogens with one attached hydrogen (secondary N) is 1. The normalized spacial score (nSPS) is 18.0. The van der Waals surface area contributed by atoms with Crippen LogP contribution in [0.4, 0.5) is 13.2 Å². The molecule has 18 heavy (non-hydrogen) atoms.